The molecule has 3 N–H and O–H groups in total. The summed E-state index contributed by atoms with van der Waals surface area (Å²) in [5.41, 5.74) is 2.34. The van der Waals surface area contributed by atoms with Crippen LogP contribution in [0.4, 0.5) is 5.82 Å². The third-order valence-corrected chi connectivity index (χ3v) is 4.07. The number of ether oxygens (including phenoxy) is 1. The molecule has 3 rings (SSSR count). The van der Waals surface area contributed by atoms with E-state index in [0.29, 0.717) is 30.3 Å². The lowest BCUT2D eigenvalue weighted by molar-refractivity contribution is -0.122. The van der Waals surface area contributed by atoms with Gasteiger partial charge in [0.2, 0.25) is 11.8 Å². The molecule has 7 nitrogen and oxygen atoms in total. The second-order valence-electron chi connectivity index (χ2n) is 5.51. The van der Waals surface area contributed by atoms with E-state index in [1.54, 1.807) is 19.2 Å². The Balaban J connectivity index is 1.88. The van der Waals surface area contributed by atoms with Gasteiger partial charge in [0.15, 0.2) is 5.82 Å². The Bertz CT molecular complexity index is 757. The van der Waals surface area contributed by atoms with Gasteiger partial charge < -0.3 is 15.4 Å². The monoisotopic (exact) mass is 348 g/mol. The lowest BCUT2D eigenvalue weighted by atomic mass is 10.1. The van der Waals surface area contributed by atoms with Crippen molar-refractivity contribution in [3.8, 4) is 11.1 Å². The van der Waals surface area contributed by atoms with Crippen molar-refractivity contribution >= 4 is 29.2 Å². The van der Waals surface area contributed by atoms with Crippen LogP contribution in [0.3, 0.4) is 0 Å². The molecule has 1 fully saturated rings. The number of nitrogens with one attached hydrogen (secondary N) is 3. The van der Waals surface area contributed by atoms with Crippen molar-refractivity contribution in [1.82, 2.24) is 15.5 Å². The van der Waals surface area contributed by atoms with E-state index in [1.807, 2.05) is 12.1 Å². The highest BCUT2D eigenvalue weighted by molar-refractivity contribution is 6.30. The van der Waals surface area contributed by atoms with Gasteiger partial charge in [0.1, 0.15) is 6.04 Å². The van der Waals surface area contributed by atoms with Gasteiger partial charge in [0, 0.05) is 24.1 Å². The van der Waals surface area contributed by atoms with Crippen LogP contribution in [0.5, 0.6) is 0 Å². The van der Waals surface area contributed by atoms with Gasteiger partial charge in [-0.15, -0.1) is 0 Å². The molecule has 1 aromatic heterocycles. The second kappa shape index (κ2) is 7.02. The second-order valence-corrected chi connectivity index (χ2v) is 5.95. The molecule has 1 atom stereocenters. The largest absolute Gasteiger partial charge is 0.378 e. The minimum Gasteiger partial charge on any atom is -0.378 e. The molecule has 2 aromatic rings. The summed E-state index contributed by atoms with van der Waals surface area (Å²) in [4.78, 5) is 23.6. The molecule has 8 heteroatoms. The molecule has 0 spiro atoms. The van der Waals surface area contributed by atoms with Crippen LogP contribution < -0.4 is 10.6 Å². The van der Waals surface area contributed by atoms with Crippen LogP contribution in [0.1, 0.15) is 18.5 Å². The van der Waals surface area contributed by atoms with Gasteiger partial charge in [-0.1, -0.05) is 23.7 Å². The highest BCUT2D eigenvalue weighted by Crippen LogP contribution is 2.31. The Kier molecular flexibility index (Phi) is 4.82. The SMILES string of the molecule is COCc1[nH]nc(NC(=O)C2CCC(=O)N2)c1-c1ccc(Cl)cc1. The number of aromatic nitrogens is 2. The van der Waals surface area contributed by atoms with Crippen molar-refractivity contribution in [2.45, 2.75) is 25.5 Å². The number of amides is 2. The molecule has 1 aliphatic rings. The molecular formula is C16H17ClN4O3. The van der Waals surface area contributed by atoms with Crippen molar-refractivity contribution in [1.29, 1.82) is 0 Å². The first-order valence-electron chi connectivity index (χ1n) is 7.51. The Morgan fingerprint density at radius 1 is 1.42 bits per heavy atom. The summed E-state index contributed by atoms with van der Waals surface area (Å²) in [6.07, 6.45) is 0.841. The number of carbonyl (C=O) groups is 2. The normalized spacial score (nSPS) is 16.9. The van der Waals surface area contributed by atoms with Crippen molar-refractivity contribution in [2.24, 2.45) is 0 Å². The first-order chi connectivity index (χ1) is 11.6. The first kappa shape index (κ1) is 16.5. The quantitative estimate of drug-likeness (QED) is 0.771. The van der Waals surface area contributed by atoms with E-state index in [4.69, 9.17) is 16.3 Å². The van der Waals surface area contributed by atoms with E-state index in [1.165, 1.54) is 0 Å². The number of hydrogen-bond acceptors (Lipinski definition) is 4. The standard InChI is InChI=1S/C16H17ClN4O3/c1-24-8-12-14(9-2-4-10(17)5-3-9)15(21-20-12)19-16(23)11-6-7-13(22)18-11/h2-5,11H,6-8H2,1H3,(H,18,22)(H2,19,20,21,23). The summed E-state index contributed by atoms with van der Waals surface area (Å²) in [6, 6.07) is 6.70. The maximum absolute atomic E-state index is 12.3. The predicted molar refractivity (Wildman–Crippen MR) is 89.5 cm³/mol. The molecule has 1 saturated heterocycles. The van der Waals surface area contributed by atoms with E-state index in [0.717, 1.165) is 16.8 Å². The van der Waals surface area contributed by atoms with E-state index in [9.17, 15) is 9.59 Å². The zero-order valence-corrected chi connectivity index (χ0v) is 13.8. The molecule has 0 bridgehead atoms. The van der Waals surface area contributed by atoms with Gasteiger partial charge >= 0.3 is 0 Å². The molecule has 1 aliphatic heterocycles. The van der Waals surface area contributed by atoms with E-state index in [2.05, 4.69) is 20.8 Å². The molecule has 0 saturated carbocycles. The summed E-state index contributed by atoms with van der Waals surface area (Å²) < 4.78 is 5.18. The molecule has 0 radical (unpaired) electrons. The Morgan fingerprint density at radius 2 is 2.17 bits per heavy atom. The summed E-state index contributed by atoms with van der Waals surface area (Å²) >= 11 is 5.94. The highest BCUT2D eigenvalue weighted by Gasteiger charge is 2.28. The number of rotatable bonds is 5. The molecule has 0 aliphatic carbocycles. The number of aromatic amines is 1. The van der Waals surface area contributed by atoms with Crippen molar-refractivity contribution in [2.75, 3.05) is 12.4 Å². The van der Waals surface area contributed by atoms with E-state index < -0.39 is 6.04 Å². The van der Waals surface area contributed by atoms with Crippen LogP contribution in [-0.2, 0) is 20.9 Å². The number of benzene rings is 1. The number of hydrogen-bond donors (Lipinski definition) is 3. The van der Waals surface area contributed by atoms with Gasteiger partial charge in [-0.3, -0.25) is 14.7 Å². The summed E-state index contributed by atoms with van der Waals surface area (Å²) in [5.74, 6) is -0.00257. The third kappa shape index (κ3) is 3.42. The van der Waals surface area contributed by atoms with Crippen LogP contribution in [-0.4, -0.2) is 35.2 Å². The molecular weight excluding hydrogens is 332 g/mol. The number of H-pyrrole nitrogens is 1. The van der Waals surface area contributed by atoms with Crippen LogP contribution >= 0.6 is 11.6 Å². The van der Waals surface area contributed by atoms with Crippen molar-refractivity contribution in [3.63, 3.8) is 0 Å². The number of anilines is 1. The minimum atomic E-state index is -0.529. The molecule has 1 unspecified atom stereocenters. The Labute approximate surface area is 143 Å². The van der Waals surface area contributed by atoms with Crippen LogP contribution in [0.25, 0.3) is 11.1 Å². The lowest BCUT2D eigenvalue weighted by Crippen LogP contribution is -2.37. The Hall–Kier alpha value is -2.38. The smallest absolute Gasteiger partial charge is 0.248 e. The van der Waals surface area contributed by atoms with Crippen molar-refractivity contribution in [3.05, 3.63) is 35.0 Å². The maximum atomic E-state index is 12.3. The average Bonchev–Trinajstić information content (AvgIpc) is 3.16. The maximum Gasteiger partial charge on any atom is 0.248 e. The zero-order valence-electron chi connectivity index (χ0n) is 13.1. The molecule has 1 aromatic carbocycles. The van der Waals surface area contributed by atoms with Gasteiger partial charge in [-0.05, 0) is 24.1 Å². The van der Waals surface area contributed by atoms with Crippen LogP contribution in [0.2, 0.25) is 5.02 Å². The number of halogens is 1. The molecule has 24 heavy (non-hydrogen) atoms. The zero-order chi connectivity index (χ0) is 17.1. The number of carbonyl (C=O) groups excluding carboxylic acids is 2. The fourth-order valence-corrected chi connectivity index (χ4v) is 2.79. The fourth-order valence-electron chi connectivity index (χ4n) is 2.66. The minimum absolute atomic E-state index is 0.116. The van der Waals surface area contributed by atoms with Gasteiger partial charge in [0.05, 0.1) is 12.3 Å². The molecule has 2 amide bonds. The summed E-state index contributed by atoms with van der Waals surface area (Å²) in [6.45, 7) is 0.320. The molecule has 126 valence electrons. The summed E-state index contributed by atoms with van der Waals surface area (Å²) in [7, 11) is 1.58. The van der Waals surface area contributed by atoms with Crippen molar-refractivity contribution < 1.29 is 14.3 Å². The molecule has 2 heterocycles. The predicted octanol–water partition coefficient (Wildman–Crippen LogP) is 2.09. The third-order valence-electron chi connectivity index (χ3n) is 3.82. The van der Waals surface area contributed by atoms with Gasteiger partial charge in [-0.25, -0.2) is 0 Å². The fraction of sp³-hybridized carbons (Fsp3) is 0.312. The Morgan fingerprint density at radius 3 is 2.79 bits per heavy atom. The van der Waals surface area contributed by atoms with E-state index >= 15 is 0 Å². The average molecular weight is 349 g/mol. The number of nitrogens with zero attached hydrogens (tertiary/aromatic N) is 1. The summed E-state index contributed by atoms with van der Waals surface area (Å²) in [5, 5.41) is 13.1. The van der Waals surface area contributed by atoms with Gasteiger partial charge in [-0.2, -0.15) is 5.10 Å². The van der Waals surface area contributed by atoms with Crippen LogP contribution in [0.15, 0.2) is 24.3 Å². The van der Waals surface area contributed by atoms with E-state index in [-0.39, 0.29) is 11.8 Å². The van der Waals surface area contributed by atoms with Gasteiger partial charge in [0.25, 0.3) is 0 Å². The highest BCUT2D eigenvalue weighted by atomic mass is 35.5. The lowest BCUT2D eigenvalue weighted by Gasteiger charge is -2.11. The number of methoxy groups -OCH3 is 1. The topological polar surface area (TPSA) is 96.1 Å². The first-order valence-corrected chi connectivity index (χ1v) is 7.88. The van der Waals surface area contributed by atoms with Crippen LogP contribution in [0, 0.1) is 0 Å².